The molecule has 7 heteroatoms. The first-order valence-electron chi connectivity index (χ1n) is 8.20. The number of aryl methyl sites for hydroxylation is 1. The van der Waals surface area contributed by atoms with Gasteiger partial charge >= 0.3 is 0 Å². The minimum atomic E-state index is -3.88. The third-order valence-corrected chi connectivity index (χ3v) is 6.91. The number of hydrogen-bond acceptors (Lipinski definition) is 5. The van der Waals surface area contributed by atoms with Gasteiger partial charge in [0.05, 0.1) is 10.8 Å². The molecule has 1 aromatic carbocycles. The third kappa shape index (κ3) is 3.77. The number of rotatable bonds is 3. The Morgan fingerprint density at radius 2 is 1.84 bits per heavy atom. The van der Waals surface area contributed by atoms with Crippen molar-refractivity contribution in [1.82, 2.24) is 0 Å². The van der Waals surface area contributed by atoms with Crippen LogP contribution in [0.1, 0.15) is 37.7 Å². The predicted molar refractivity (Wildman–Crippen MR) is 97.5 cm³/mol. The second-order valence-electron chi connectivity index (χ2n) is 6.12. The van der Waals surface area contributed by atoms with Crippen LogP contribution in [-0.4, -0.2) is 20.6 Å². The molecule has 0 radical (unpaired) electrons. The number of ether oxygens (including phenoxy) is 1. The van der Waals surface area contributed by atoms with Gasteiger partial charge in [-0.2, -0.15) is 12.8 Å². The fourth-order valence-electron chi connectivity index (χ4n) is 2.98. The molecule has 0 saturated heterocycles. The smallest absolute Gasteiger partial charge is 0.283 e. The average Bonchev–Trinajstić information content (AvgIpc) is 2.75. The normalized spacial score (nSPS) is 21.9. The van der Waals surface area contributed by atoms with Gasteiger partial charge in [0.2, 0.25) is 0 Å². The first kappa shape index (κ1) is 18.1. The van der Waals surface area contributed by atoms with Crippen LogP contribution >= 0.6 is 11.8 Å². The Morgan fingerprint density at radius 1 is 1.16 bits per heavy atom. The van der Waals surface area contributed by atoms with Crippen LogP contribution in [0.2, 0.25) is 0 Å². The maximum Gasteiger partial charge on any atom is 0.283 e. The first-order valence-corrected chi connectivity index (χ1v) is 10.5. The van der Waals surface area contributed by atoms with Crippen LogP contribution in [0.25, 0.3) is 0 Å². The SMILES string of the molecule is COC([O-])=C1C(=NS(=O)(=O)c2ccc(C)cc2)SC2=C1CCCCC2. The molecule has 1 aromatic rings. The minimum Gasteiger partial charge on any atom is -0.616 e. The van der Waals surface area contributed by atoms with Crippen LogP contribution in [0.4, 0.5) is 0 Å². The second-order valence-corrected chi connectivity index (χ2v) is 8.80. The molecule has 2 aliphatic rings. The zero-order valence-electron chi connectivity index (χ0n) is 14.2. The zero-order valence-corrected chi connectivity index (χ0v) is 15.9. The summed E-state index contributed by atoms with van der Waals surface area (Å²) in [6, 6.07) is 6.52. The monoisotopic (exact) mass is 378 g/mol. The summed E-state index contributed by atoms with van der Waals surface area (Å²) < 4.78 is 34.2. The van der Waals surface area contributed by atoms with Gasteiger partial charge in [-0.25, -0.2) is 0 Å². The van der Waals surface area contributed by atoms with Crippen LogP contribution in [0.3, 0.4) is 0 Å². The summed E-state index contributed by atoms with van der Waals surface area (Å²) in [6.07, 6.45) is 4.74. The first-order chi connectivity index (χ1) is 11.9. The third-order valence-electron chi connectivity index (χ3n) is 4.31. The lowest BCUT2D eigenvalue weighted by molar-refractivity contribution is -0.354. The van der Waals surface area contributed by atoms with Crippen molar-refractivity contribution in [3.8, 4) is 0 Å². The molecule has 1 aliphatic carbocycles. The van der Waals surface area contributed by atoms with Crippen LogP contribution in [0.5, 0.6) is 0 Å². The number of nitrogens with zero attached hydrogens (tertiary/aromatic N) is 1. The summed E-state index contributed by atoms with van der Waals surface area (Å²) in [5, 5.41) is 12.5. The highest BCUT2D eigenvalue weighted by molar-refractivity contribution is 8.18. The fourth-order valence-corrected chi connectivity index (χ4v) is 5.43. The molecule has 0 unspecified atom stereocenters. The van der Waals surface area contributed by atoms with E-state index in [9.17, 15) is 13.5 Å². The predicted octanol–water partition coefficient (Wildman–Crippen LogP) is 3.27. The molecule has 0 atom stereocenters. The van der Waals surface area contributed by atoms with Gasteiger partial charge in [-0.15, -0.1) is 0 Å². The van der Waals surface area contributed by atoms with Crippen molar-refractivity contribution in [3.63, 3.8) is 0 Å². The van der Waals surface area contributed by atoms with E-state index in [1.807, 2.05) is 6.92 Å². The summed E-state index contributed by atoms with van der Waals surface area (Å²) in [5.74, 6) is -0.516. The quantitative estimate of drug-likeness (QED) is 0.754. The number of methoxy groups -OCH3 is 1. The molecule has 3 rings (SSSR count). The van der Waals surface area contributed by atoms with E-state index in [2.05, 4.69) is 4.40 Å². The lowest BCUT2D eigenvalue weighted by Gasteiger charge is -2.15. The van der Waals surface area contributed by atoms with E-state index in [-0.39, 0.29) is 9.94 Å². The molecule has 1 heterocycles. The molecule has 0 bridgehead atoms. The van der Waals surface area contributed by atoms with Crippen molar-refractivity contribution in [1.29, 1.82) is 0 Å². The molecule has 5 nitrogen and oxygen atoms in total. The Kier molecular flexibility index (Phi) is 5.24. The second kappa shape index (κ2) is 7.25. The summed E-state index contributed by atoms with van der Waals surface area (Å²) in [6.45, 7) is 1.89. The molecule has 0 N–H and O–H groups in total. The van der Waals surface area contributed by atoms with Crippen molar-refractivity contribution in [2.45, 2.75) is 43.9 Å². The summed E-state index contributed by atoms with van der Waals surface area (Å²) >= 11 is 1.30. The molecule has 0 fully saturated rings. The van der Waals surface area contributed by atoms with Crippen molar-refractivity contribution < 1.29 is 18.3 Å². The highest BCUT2D eigenvalue weighted by Crippen LogP contribution is 2.45. The molecule has 0 spiro atoms. The van der Waals surface area contributed by atoms with Gasteiger partial charge in [0.15, 0.2) is 0 Å². The molecule has 0 aromatic heterocycles. The minimum absolute atomic E-state index is 0.123. The molecule has 1 aliphatic heterocycles. The van der Waals surface area contributed by atoms with Crippen molar-refractivity contribution in [2.75, 3.05) is 7.11 Å². The van der Waals surface area contributed by atoms with E-state index < -0.39 is 16.0 Å². The van der Waals surface area contributed by atoms with E-state index in [1.54, 1.807) is 12.1 Å². The van der Waals surface area contributed by atoms with Gasteiger partial charge in [-0.05, 0) is 62.3 Å². The highest BCUT2D eigenvalue weighted by Gasteiger charge is 2.30. The number of thioether (sulfide) groups is 1. The van der Waals surface area contributed by atoms with Crippen LogP contribution in [-0.2, 0) is 14.8 Å². The summed E-state index contributed by atoms with van der Waals surface area (Å²) in [5.41, 5.74) is 2.20. The van der Waals surface area contributed by atoms with Gasteiger partial charge in [0.1, 0.15) is 5.04 Å². The molecule has 134 valence electrons. The number of sulfonamides is 1. The summed E-state index contributed by atoms with van der Waals surface area (Å²) in [7, 11) is -2.57. The van der Waals surface area contributed by atoms with Gasteiger partial charge in [0.25, 0.3) is 10.0 Å². The van der Waals surface area contributed by atoms with Gasteiger partial charge in [-0.3, -0.25) is 0 Å². The number of benzene rings is 1. The molecule has 0 saturated carbocycles. The Morgan fingerprint density at radius 3 is 2.52 bits per heavy atom. The van der Waals surface area contributed by atoms with Crippen LogP contribution in [0.15, 0.2) is 55.6 Å². The average molecular weight is 378 g/mol. The topological polar surface area (TPSA) is 78.8 Å². The van der Waals surface area contributed by atoms with E-state index in [0.717, 1.165) is 48.1 Å². The van der Waals surface area contributed by atoms with Crippen molar-refractivity contribution in [3.05, 3.63) is 51.8 Å². The van der Waals surface area contributed by atoms with E-state index in [4.69, 9.17) is 4.74 Å². The molecule has 0 amide bonds. The maximum absolute atomic E-state index is 12.6. The summed E-state index contributed by atoms with van der Waals surface area (Å²) in [4.78, 5) is 1.17. The van der Waals surface area contributed by atoms with E-state index in [1.165, 1.54) is 31.0 Å². The van der Waals surface area contributed by atoms with Gasteiger partial charge < -0.3 is 9.84 Å². The Labute approximate surface area is 152 Å². The molecule has 25 heavy (non-hydrogen) atoms. The van der Waals surface area contributed by atoms with Gasteiger partial charge in [0, 0.05) is 5.57 Å². The largest absolute Gasteiger partial charge is 0.616 e. The van der Waals surface area contributed by atoms with Crippen molar-refractivity contribution in [2.24, 2.45) is 4.40 Å². The maximum atomic E-state index is 12.6. The van der Waals surface area contributed by atoms with E-state index in [0.29, 0.717) is 5.57 Å². The van der Waals surface area contributed by atoms with Crippen LogP contribution in [0, 0.1) is 6.92 Å². The lowest BCUT2D eigenvalue weighted by atomic mass is 10.0. The van der Waals surface area contributed by atoms with Gasteiger partial charge in [-0.1, -0.05) is 35.9 Å². The zero-order chi connectivity index (χ0) is 18.0. The highest BCUT2D eigenvalue weighted by atomic mass is 32.2. The molecular formula is C18H20NO4S2-. The van der Waals surface area contributed by atoms with E-state index >= 15 is 0 Å². The lowest BCUT2D eigenvalue weighted by Crippen LogP contribution is -2.14. The number of allylic oxidation sites excluding steroid dienone is 2. The van der Waals surface area contributed by atoms with Crippen LogP contribution < -0.4 is 5.11 Å². The number of hydrogen-bond donors (Lipinski definition) is 0. The Balaban J connectivity index is 2.04. The standard InChI is InChI=1S/C18H21NO4S2/c1-12-8-10-13(11-9-12)25(21,22)19-17-16(18(20)23-2)14-6-4-3-5-7-15(14)24-17/h8-11,20H,3-7H2,1-2H3/p-1. The Hall–Kier alpha value is -1.73. The Bertz CT molecular complexity index is 865. The fraction of sp³-hybridized carbons (Fsp3) is 0.389. The molecular weight excluding hydrogens is 358 g/mol. The van der Waals surface area contributed by atoms with Crippen molar-refractivity contribution >= 4 is 26.8 Å².